The molecular weight excluding hydrogens is 512 g/mol. The van der Waals surface area contributed by atoms with Gasteiger partial charge in [-0.1, -0.05) is 18.2 Å². The predicted octanol–water partition coefficient (Wildman–Crippen LogP) is 3.73. The van der Waals surface area contributed by atoms with Crippen molar-refractivity contribution in [2.24, 2.45) is 0 Å². The van der Waals surface area contributed by atoms with E-state index in [2.05, 4.69) is 10.2 Å². The summed E-state index contributed by atoms with van der Waals surface area (Å²) in [5.74, 6) is 1.94. The van der Waals surface area contributed by atoms with Crippen LogP contribution in [-0.2, 0) is 17.7 Å². The van der Waals surface area contributed by atoms with Crippen LogP contribution in [0.1, 0.15) is 27.9 Å². The lowest BCUT2D eigenvalue weighted by Crippen LogP contribution is -2.39. The molecule has 0 spiro atoms. The Hall–Kier alpha value is -3.63. The SMILES string of the molecule is O=C(O)c1ccc(Oc2ccc3c(c2)CC[C@H](CNC[C@H](O)COc2ccccc2)O3)c(CN2CCOCC2)c1. The van der Waals surface area contributed by atoms with Crippen LogP contribution in [0, 0.1) is 0 Å². The van der Waals surface area contributed by atoms with E-state index in [1.165, 1.54) is 0 Å². The summed E-state index contributed by atoms with van der Waals surface area (Å²) >= 11 is 0. The minimum atomic E-state index is -0.959. The fraction of sp³-hybridized carbons (Fsp3) is 0.387. The topological polar surface area (TPSA) is 110 Å². The second-order valence-corrected chi connectivity index (χ2v) is 10.1. The zero-order valence-electron chi connectivity index (χ0n) is 22.5. The zero-order valence-corrected chi connectivity index (χ0v) is 22.5. The van der Waals surface area contributed by atoms with Crippen LogP contribution in [0.25, 0.3) is 0 Å². The minimum Gasteiger partial charge on any atom is -0.491 e. The van der Waals surface area contributed by atoms with Gasteiger partial charge in [-0.25, -0.2) is 4.79 Å². The molecule has 0 bridgehead atoms. The van der Waals surface area contributed by atoms with E-state index in [4.69, 9.17) is 18.9 Å². The first kappa shape index (κ1) is 27.9. The molecule has 2 heterocycles. The molecule has 1 saturated heterocycles. The molecule has 0 unspecified atom stereocenters. The molecule has 2 atom stereocenters. The van der Waals surface area contributed by atoms with Gasteiger partial charge in [0.25, 0.3) is 0 Å². The number of rotatable bonds is 12. The summed E-state index contributed by atoms with van der Waals surface area (Å²) in [6.07, 6.45) is 1.07. The van der Waals surface area contributed by atoms with Crippen LogP contribution in [-0.4, -0.2) is 79.3 Å². The van der Waals surface area contributed by atoms with Gasteiger partial charge in [0.15, 0.2) is 0 Å². The maximum absolute atomic E-state index is 11.6. The van der Waals surface area contributed by atoms with Crippen LogP contribution < -0.4 is 19.5 Å². The van der Waals surface area contributed by atoms with E-state index in [-0.39, 0.29) is 18.3 Å². The number of aryl methyl sites for hydroxylation is 1. The summed E-state index contributed by atoms with van der Waals surface area (Å²) in [6.45, 7) is 4.78. The van der Waals surface area contributed by atoms with Crippen molar-refractivity contribution in [2.75, 3.05) is 46.0 Å². The first-order valence-electron chi connectivity index (χ1n) is 13.7. The summed E-state index contributed by atoms with van der Waals surface area (Å²) in [5.41, 5.74) is 2.14. The molecule has 3 aromatic carbocycles. The molecule has 212 valence electrons. The van der Waals surface area contributed by atoms with Crippen molar-refractivity contribution >= 4 is 5.97 Å². The van der Waals surface area contributed by atoms with Crippen molar-refractivity contribution in [1.29, 1.82) is 0 Å². The third-order valence-corrected chi connectivity index (χ3v) is 7.03. The van der Waals surface area contributed by atoms with Gasteiger partial charge in [-0.3, -0.25) is 4.90 Å². The number of morpholine rings is 1. The molecule has 0 aliphatic carbocycles. The minimum absolute atomic E-state index is 0.00481. The molecule has 3 aromatic rings. The Kier molecular flexibility index (Phi) is 9.51. The predicted molar refractivity (Wildman–Crippen MR) is 150 cm³/mol. The third-order valence-electron chi connectivity index (χ3n) is 7.03. The van der Waals surface area contributed by atoms with E-state index >= 15 is 0 Å². The number of hydrogen-bond acceptors (Lipinski definition) is 8. The van der Waals surface area contributed by atoms with Crippen molar-refractivity contribution in [3.05, 3.63) is 83.4 Å². The normalized spacial score (nSPS) is 17.9. The van der Waals surface area contributed by atoms with Gasteiger partial charge in [-0.15, -0.1) is 0 Å². The Balaban J connectivity index is 1.14. The maximum Gasteiger partial charge on any atom is 0.335 e. The third kappa shape index (κ3) is 7.73. The van der Waals surface area contributed by atoms with Crippen molar-refractivity contribution in [1.82, 2.24) is 10.2 Å². The number of nitrogens with one attached hydrogen (secondary N) is 1. The molecule has 0 aromatic heterocycles. The number of carboxylic acid groups (broad SMARTS) is 1. The number of carbonyl (C=O) groups is 1. The highest BCUT2D eigenvalue weighted by Crippen LogP contribution is 2.34. The van der Waals surface area contributed by atoms with Gasteiger partial charge in [0, 0.05) is 38.3 Å². The Morgan fingerprint density at radius 3 is 2.67 bits per heavy atom. The average Bonchev–Trinajstić information content (AvgIpc) is 2.98. The molecule has 40 heavy (non-hydrogen) atoms. The van der Waals surface area contributed by atoms with Gasteiger partial charge in [0.2, 0.25) is 0 Å². The number of ether oxygens (including phenoxy) is 4. The Labute approximate surface area is 234 Å². The lowest BCUT2D eigenvalue weighted by molar-refractivity contribution is 0.0339. The van der Waals surface area contributed by atoms with E-state index in [0.717, 1.165) is 48.6 Å². The Morgan fingerprint density at radius 2 is 1.88 bits per heavy atom. The number of benzene rings is 3. The summed E-state index contributed by atoms with van der Waals surface area (Å²) in [6, 6.07) is 20.2. The molecule has 5 rings (SSSR count). The summed E-state index contributed by atoms with van der Waals surface area (Å²) < 4.78 is 23.5. The molecule has 0 radical (unpaired) electrons. The van der Waals surface area contributed by atoms with Gasteiger partial charge in [-0.05, 0) is 66.9 Å². The van der Waals surface area contributed by atoms with Crippen molar-refractivity contribution < 1.29 is 34.0 Å². The van der Waals surface area contributed by atoms with Crippen molar-refractivity contribution in [2.45, 2.75) is 31.6 Å². The Bertz CT molecular complexity index is 1260. The van der Waals surface area contributed by atoms with Crippen molar-refractivity contribution in [3.63, 3.8) is 0 Å². The number of para-hydroxylation sites is 1. The van der Waals surface area contributed by atoms with E-state index in [1.807, 2.05) is 48.5 Å². The highest BCUT2D eigenvalue weighted by Gasteiger charge is 2.21. The van der Waals surface area contributed by atoms with Crippen LogP contribution >= 0.6 is 0 Å². The lowest BCUT2D eigenvalue weighted by Gasteiger charge is -2.28. The summed E-state index contributed by atoms with van der Waals surface area (Å²) in [5, 5.41) is 23.0. The summed E-state index contributed by atoms with van der Waals surface area (Å²) in [4.78, 5) is 13.8. The molecule has 9 nitrogen and oxygen atoms in total. The molecule has 0 saturated carbocycles. The van der Waals surface area contributed by atoms with Crippen LogP contribution in [0.2, 0.25) is 0 Å². The number of aliphatic hydroxyl groups excluding tert-OH is 1. The molecular formula is C31H36N2O7. The van der Waals surface area contributed by atoms with Gasteiger partial charge in [0.1, 0.15) is 41.8 Å². The maximum atomic E-state index is 11.6. The number of aliphatic hydroxyl groups is 1. The first-order valence-corrected chi connectivity index (χ1v) is 13.7. The fourth-order valence-corrected chi connectivity index (χ4v) is 4.87. The number of aromatic carboxylic acids is 1. The summed E-state index contributed by atoms with van der Waals surface area (Å²) in [7, 11) is 0. The van der Waals surface area contributed by atoms with E-state index in [0.29, 0.717) is 44.3 Å². The second kappa shape index (κ2) is 13.6. The van der Waals surface area contributed by atoms with Crippen molar-refractivity contribution in [3.8, 4) is 23.0 Å². The van der Waals surface area contributed by atoms with E-state index in [1.54, 1.807) is 18.2 Å². The highest BCUT2D eigenvalue weighted by molar-refractivity contribution is 5.88. The molecule has 1 fully saturated rings. The van der Waals surface area contributed by atoms with Crippen LogP contribution in [0.3, 0.4) is 0 Å². The average molecular weight is 549 g/mol. The number of carboxylic acids is 1. The monoisotopic (exact) mass is 548 g/mol. The number of hydrogen-bond donors (Lipinski definition) is 3. The fourth-order valence-electron chi connectivity index (χ4n) is 4.87. The van der Waals surface area contributed by atoms with E-state index < -0.39 is 12.1 Å². The molecule has 3 N–H and O–H groups in total. The van der Waals surface area contributed by atoms with Gasteiger partial charge in [-0.2, -0.15) is 0 Å². The first-order chi connectivity index (χ1) is 19.5. The van der Waals surface area contributed by atoms with Gasteiger partial charge < -0.3 is 34.5 Å². The highest BCUT2D eigenvalue weighted by atomic mass is 16.5. The molecule has 9 heteroatoms. The van der Waals surface area contributed by atoms with Crippen LogP contribution in [0.4, 0.5) is 0 Å². The zero-order chi connectivity index (χ0) is 27.7. The van der Waals surface area contributed by atoms with E-state index in [9.17, 15) is 15.0 Å². The molecule has 0 amide bonds. The smallest absolute Gasteiger partial charge is 0.335 e. The number of fused-ring (bicyclic) bond motifs is 1. The molecule has 2 aliphatic heterocycles. The largest absolute Gasteiger partial charge is 0.491 e. The quantitative estimate of drug-likeness (QED) is 0.312. The number of nitrogens with zero attached hydrogens (tertiary/aromatic N) is 1. The van der Waals surface area contributed by atoms with Gasteiger partial charge >= 0.3 is 5.97 Å². The standard InChI is InChI=1S/C31H36N2O7/c34-25(21-38-26-4-2-1-3-5-26)18-32-19-28-8-6-22-17-27(9-11-29(22)40-28)39-30-10-7-23(31(35)36)16-24(30)20-33-12-14-37-15-13-33/h1-5,7,9-11,16-17,25,28,32,34H,6,8,12-15,18-21H2,(H,35,36)/t25-,28+/m0/s1. The van der Waals surface area contributed by atoms with Gasteiger partial charge in [0.05, 0.1) is 18.8 Å². The second-order valence-electron chi connectivity index (χ2n) is 10.1. The van der Waals surface area contributed by atoms with Crippen LogP contribution in [0.15, 0.2) is 66.7 Å². The lowest BCUT2D eigenvalue weighted by atomic mass is 10.0. The molecule has 2 aliphatic rings. The van der Waals surface area contributed by atoms with Crippen LogP contribution in [0.5, 0.6) is 23.0 Å². The Morgan fingerprint density at radius 1 is 1.05 bits per heavy atom.